The molecule has 0 aliphatic rings. The number of aliphatic carboxylic acids is 1. The van der Waals surface area contributed by atoms with Gasteiger partial charge in [-0.25, -0.2) is 4.79 Å². The molecule has 3 atom stereocenters. The van der Waals surface area contributed by atoms with E-state index in [-0.39, 0.29) is 12.8 Å². The Morgan fingerprint density at radius 1 is 0.960 bits per heavy atom. The minimum Gasteiger partial charge on any atom is -0.480 e. The lowest BCUT2D eigenvalue weighted by atomic mass is 10.0. The Morgan fingerprint density at radius 3 is 1.92 bits per heavy atom. The molecule has 0 aliphatic carbocycles. The molecule has 4 amide bonds. The number of amides is 4. The van der Waals surface area contributed by atoms with E-state index in [1.54, 1.807) is 13.8 Å². The highest BCUT2D eigenvalue weighted by atomic mass is 16.4. The van der Waals surface area contributed by atoms with Gasteiger partial charge in [0.05, 0.1) is 12.5 Å². The zero-order valence-electron chi connectivity index (χ0n) is 14.2. The summed E-state index contributed by atoms with van der Waals surface area (Å²) in [6.45, 7) is 3.17. The normalized spacial score (nSPS) is 14.2. The lowest BCUT2D eigenvalue weighted by molar-refractivity contribution is -0.143. The van der Waals surface area contributed by atoms with Gasteiger partial charge in [0.1, 0.15) is 12.1 Å². The smallest absolute Gasteiger partial charge is 0.326 e. The maximum absolute atomic E-state index is 12.2. The van der Waals surface area contributed by atoms with Crippen LogP contribution < -0.4 is 27.8 Å². The second-order valence-electron chi connectivity index (χ2n) is 5.91. The first-order chi connectivity index (χ1) is 11.5. The molecule has 0 aliphatic heterocycles. The standard InChI is InChI=1S/C14H25N5O6/c1-6(2)11(14(24)25)19-13(23)8(5-10(17)21)18-12(22)7(15)3-4-9(16)20/h6-8,11H,3-5,15H2,1-2H3,(H2,16,20)(H2,17,21)(H,18,22)(H,19,23)(H,24,25)/t7-,8-,11-/m0/s1. The van der Waals surface area contributed by atoms with Crippen molar-refractivity contribution in [2.24, 2.45) is 23.1 Å². The number of carbonyl (C=O) groups is 5. The average molecular weight is 359 g/mol. The molecule has 0 bridgehead atoms. The Morgan fingerprint density at radius 2 is 1.52 bits per heavy atom. The number of nitrogens with two attached hydrogens (primary N) is 3. The second kappa shape index (κ2) is 10.2. The van der Waals surface area contributed by atoms with Gasteiger partial charge in [-0.1, -0.05) is 13.8 Å². The molecular formula is C14H25N5O6. The predicted octanol–water partition coefficient (Wildman–Crippen LogP) is -2.84. The largest absolute Gasteiger partial charge is 0.480 e. The molecule has 0 heterocycles. The van der Waals surface area contributed by atoms with E-state index in [2.05, 4.69) is 10.6 Å². The van der Waals surface area contributed by atoms with E-state index in [4.69, 9.17) is 22.3 Å². The highest BCUT2D eigenvalue weighted by molar-refractivity contribution is 5.94. The Balaban J connectivity index is 5.01. The zero-order valence-corrected chi connectivity index (χ0v) is 14.2. The first-order valence-electron chi connectivity index (χ1n) is 7.61. The van der Waals surface area contributed by atoms with Gasteiger partial charge in [0.15, 0.2) is 0 Å². The number of carboxylic acids is 1. The maximum atomic E-state index is 12.2. The van der Waals surface area contributed by atoms with Crippen LogP contribution in [-0.4, -0.2) is 52.8 Å². The number of hydrogen-bond donors (Lipinski definition) is 6. The van der Waals surface area contributed by atoms with E-state index >= 15 is 0 Å². The van der Waals surface area contributed by atoms with Crippen molar-refractivity contribution in [3.8, 4) is 0 Å². The molecular weight excluding hydrogens is 334 g/mol. The summed E-state index contributed by atoms with van der Waals surface area (Å²) >= 11 is 0. The minimum atomic E-state index is -1.38. The van der Waals surface area contributed by atoms with Crippen LogP contribution in [0.1, 0.15) is 33.1 Å². The van der Waals surface area contributed by atoms with Crippen LogP contribution in [0.2, 0.25) is 0 Å². The molecule has 9 N–H and O–H groups in total. The molecule has 0 spiro atoms. The summed E-state index contributed by atoms with van der Waals surface area (Å²) in [6.07, 6.45) is -0.712. The van der Waals surface area contributed by atoms with Gasteiger partial charge in [0.25, 0.3) is 0 Å². The maximum Gasteiger partial charge on any atom is 0.326 e. The average Bonchev–Trinajstić information content (AvgIpc) is 2.47. The van der Waals surface area contributed by atoms with Crippen molar-refractivity contribution in [3.63, 3.8) is 0 Å². The van der Waals surface area contributed by atoms with Gasteiger partial charge in [-0.3, -0.25) is 19.2 Å². The van der Waals surface area contributed by atoms with Crippen LogP contribution in [0.5, 0.6) is 0 Å². The summed E-state index contributed by atoms with van der Waals surface area (Å²) in [6, 6.07) is -3.72. The summed E-state index contributed by atoms with van der Waals surface area (Å²) < 4.78 is 0. The highest BCUT2D eigenvalue weighted by Gasteiger charge is 2.30. The Bertz CT molecular complexity index is 536. The number of primary amides is 2. The summed E-state index contributed by atoms with van der Waals surface area (Å²) in [5, 5.41) is 13.6. The van der Waals surface area contributed by atoms with Gasteiger partial charge in [-0.15, -0.1) is 0 Å². The van der Waals surface area contributed by atoms with Gasteiger partial charge in [-0.05, 0) is 12.3 Å². The molecule has 0 aromatic carbocycles. The molecule has 0 saturated carbocycles. The quantitative estimate of drug-likeness (QED) is 0.227. The predicted molar refractivity (Wildman–Crippen MR) is 86.6 cm³/mol. The van der Waals surface area contributed by atoms with Gasteiger partial charge in [-0.2, -0.15) is 0 Å². The number of carboxylic acid groups (broad SMARTS) is 1. The molecule has 25 heavy (non-hydrogen) atoms. The molecule has 11 nitrogen and oxygen atoms in total. The van der Waals surface area contributed by atoms with Gasteiger partial charge >= 0.3 is 5.97 Å². The zero-order chi connectivity index (χ0) is 19.7. The van der Waals surface area contributed by atoms with E-state index in [9.17, 15) is 24.0 Å². The fourth-order valence-corrected chi connectivity index (χ4v) is 1.89. The fourth-order valence-electron chi connectivity index (χ4n) is 1.89. The van der Waals surface area contributed by atoms with Crippen LogP contribution in [0.15, 0.2) is 0 Å². The molecule has 0 radical (unpaired) electrons. The highest BCUT2D eigenvalue weighted by Crippen LogP contribution is 2.04. The van der Waals surface area contributed by atoms with E-state index < -0.39 is 60.1 Å². The van der Waals surface area contributed by atoms with Crippen molar-refractivity contribution in [1.29, 1.82) is 0 Å². The first kappa shape index (κ1) is 22.3. The third-order valence-electron chi connectivity index (χ3n) is 3.31. The summed E-state index contributed by atoms with van der Waals surface area (Å²) in [5.41, 5.74) is 15.6. The molecule has 0 aromatic heterocycles. The Labute approximate surface area is 144 Å². The third kappa shape index (κ3) is 8.65. The van der Waals surface area contributed by atoms with Crippen molar-refractivity contribution in [2.45, 2.75) is 51.2 Å². The van der Waals surface area contributed by atoms with E-state index in [1.165, 1.54) is 0 Å². The van der Waals surface area contributed by atoms with Crippen LogP contribution in [0, 0.1) is 5.92 Å². The van der Waals surface area contributed by atoms with Gasteiger partial charge in [0, 0.05) is 6.42 Å². The monoisotopic (exact) mass is 359 g/mol. The molecule has 0 rings (SSSR count). The molecule has 0 saturated heterocycles. The van der Waals surface area contributed by atoms with Crippen molar-refractivity contribution in [2.75, 3.05) is 0 Å². The van der Waals surface area contributed by atoms with Crippen molar-refractivity contribution in [1.82, 2.24) is 10.6 Å². The van der Waals surface area contributed by atoms with Crippen molar-refractivity contribution >= 4 is 29.6 Å². The third-order valence-corrected chi connectivity index (χ3v) is 3.31. The first-order valence-corrected chi connectivity index (χ1v) is 7.61. The van der Waals surface area contributed by atoms with Crippen molar-refractivity contribution < 1.29 is 29.1 Å². The van der Waals surface area contributed by atoms with Crippen molar-refractivity contribution in [3.05, 3.63) is 0 Å². The summed E-state index contributed by atoms with van der Waals surface area (Å²) in [5.74, 6) is -4.87. The Kier molecular flexibility index (Phi) is 9.13. The van der Waals surface area contributed by atoms with Crippen LogP contribution in [0.4, 0.5) is 0 Å². The molecule has 0 unspecified atom stereocenters. The second-order valence-corrected chi connectivity index (χ2v) is 5.91. The number of nitrogens with one attached hydrogen (secondary N) is 2. The summed E-state index contributed by atoms with van der Waals surface area (Å²) in [4.78, 5) is 57.1. The molecule has 0 aromatic rings. The number of carbonyl (C=O) groups excluding carboxylic acids is 4. The van der Waals surface area contributed by atoms with Gasteiger partial charge < -0.3 is 32.9 Å². The molecule has 11 heteroatoms. The lowest BCUT2D eigenvalue weighted by Crippen LogP contribution is -2.56. The van der Waals surface area contributed by atoms with E-state index in [0.29, 0.717) is 0 Å². The number of rotatable bonds is 11. The van der Waals surface area contributed by atoms with Crippen LogP contribution in [0.25, 0.3) is 0 Å². The van der Waals surface area contributed by atoms with Crippen LogP contribution in [0.3, 0.4) is 0 Å². The van der Waals surface area contributed by atoms with Gasteiger partial charge in [0.2, 0.25) is 23.6 Å². The Hall–Kier alpha value is -2.69. The topological polar surface area (TPSA) is 208 Å². The lowest BCUT2D eigenvalue weighted by Gasteiger charge is -2.23. The van der Waals surface area contributed by atoms with Crippen LogP contribution >= 0.6 is 0 Å². The molecule has 142 valence electrons. The fraction of sp³-hybridized carbons (Fsp3) is 0.643. The SMILES string of the molecule is CC(C)[C@H](NC(=O)[C@H](CC(N)=O)NC(=O)[C@@H](N)CCC(N)=O)C(=O)O. The number of hydrogen-bond acceptors (Lipinski definition) is 6. The molecule has 0 fully saturated rings. The minimum absolute atomic E-state index is 0.0458. The van der Waals surface area contributed by atoms with Crippen LogP contribution in [-0.2, 0) is 24.0 Å². The van der Waals surface area contributed by atoms with E-state index in [0.717, 1.165) is 0 Å². The van der Waals surface area contributed by atoms with E-state index in [1.807, 2.05) is 0 Å². The summed E-state index contributed by atoms with van der Waals surface area (Å²) in [7, 11) is 0.